The summed E-state index contributed by atoms with van der Waals surface area (Å²) < 4.78 is 11.1. The van der Waals surface area contributed by atoms with Crippen LogP contribution in [0.25, 0.3) is 0 Å². The summed E-state index contributed by atoms with van der Waals surface area (Å²) >= 11 is 5.86. The lowest BCUT2D eigenvalue weighted by Crippen LogP contribution is -2.47. The molecule has 24 heavy (non-hydrogen) atoms. The molecule has 2 aromatic rings. The molecule has 7 heteroatoms. The summed E-state index contributed by atoms with van der Waals surface area (Å²) in [5.41, 5.74) is 0. The molecule has 0 atom stereocenters. The Balaban J connectivity index is 1.41. The number of ether oxygens (including phenoxy) is 1. The zero-order chi connectivity index (χ0) is 16.9. The molecule has 1 aliphatic rings. The molecule has 1 aliphatic heterocycles. The molecule has 0 N–H and O–H groups in total. The van der Waals surface area contributed by atoms with Crippen LogP contribution >= 0.6 is 11.6 Å². The summed E-state index contributed by atoms with van der Waals surface area (Å²) in [7, 11) is 0. The summed E-state index contributed by atoms with van der Waals surface area (Å²) in [6, 6.07) is 8.09. The van der Waals surface area contributed by atoms with Crippen molar-refractivity contribution in [2.75, 3.05) is 44.2 Å². The summed E-state index contributed by atoms with van der Waals surface area (Å²) in [4.78, 5) is 8.99. The lowest BCUT2D eigenvalue weighted by molar-refractivity contribution is 0.197. The Labute approximate surface area is 147 Å². The molecule has 0 amide bonds. The van der Waals surface area contributed by atoms with Crippen molar-refractivity contribution in [3.05, 3.63) is 35.1 Å². The van der Waals surface area contributed by atoms with E-state index in [9.17, 15) is 0 Å². The van der Waals surface area contributed by atoms with E-state index in [4.69, 9.17) is 20.9 Å². The van der Waals surface area contributed by atoms with E-state index in [-0.39, 0.29) is 5.92 Å². The van der Waals surface area contributed by atoms with Crippen LogP contribution in [0.2, 0.25) is 5.02 Å². The van der Waals surface area contributed by atoms with Crippen LogP contribution in [-0.2, 0) is 0 Å². The molecule has 6 nitrogen and oxygen atoms in total. The minimum atomic E-state index is 0.286. The molecule has 0 aliphatic carbocycles. The van der Waals surface area contributed by atoms with Gasteiger partial charge in [-0.3, -0.25) is 4.90 Å². The van der Waals surface area contributed by atoms with Gasteiger partial charge in [-0.1, -0.05) is 30.6 Å². The molecule has 1 saturated heterocycles. The van der Waals surface area contributed by atoms with Crippen LogP contribution in [0.15, 0.2) is 28.8 Å². The lowest BCUT2D eigenvalue weighted by Gasteiger charge is -2.33. The van der Waals surface area contributed by atoms with Crippen LogP contribution in [0.3, 0.4) is 0 Å². The van der Waals surface area contributed by atoms with Gasteiger partial charge >= 0.3 is 6.01 Å². The lowest BCUT2D eigenvalue weighted by atomic mass is 10.2. The molecule has 1 fully saturated rings. The fraction of sp³-hybridized carbons (Fsp3) is 0.529. The van der Waals surface area contributed by atoms with E-state index in [0.29, 0.717) is 12.6 Å². The number of benzene rings is 1. The van der Waals surface area contributed by atoms with Crippen LogP contribution in [0, 0.1) is 0 Å². The zero-order valence-corrected chi connectivity index (χ0v) is 14.9. The second-order valence-electron chi connectivity index (χ2n) is 6.22. The van der Waals surface area contributed by atoms with Crippen LogP contribution in [0.4, 0.5) is 6.01 Å². The van der Waals surface area contributed by atoms with Gasteiger partial charge in [-0.05, 0) is 24.3 Å². The van der Waals surface area contributed by atoms with E-state index < -0.39 is 0 Å². The normalized spacial score (nSPS) is 15.9. The van der Waals surface area contributed by atoms with Crippen LogP contribution in [-0.4, -0.2) is 54.4 Å². The van der Waals surface area contributed by atoms with E-state index >= 15 is 0 Å². The Morgan fingerprint density at radius 2 is 1.88 bits per heavy atom. The monoisotopic (exact) mass is 350 g/mol. The van der Waals surface area contributed by atoms with E-state index in [1.165, 1.54) is 0 Å². The molecule has 2 heterocycles. The highest BCUT2D eigenvalue weighted by atomic mass is 35.5. The standard InChI is InChI=1S/C17H23ClN4O2/c1-13(2)16-19-17(24-20-16)22-9-7-21(8-10-22)11-12-23-15-5-3-14(18)4-6-15/h3-6,13H,7-12H2,1-2H3. The van der Waals surface area contributed by atoms with Gasteiger partial charge in [-0.15, -0.1) is 0 Å². The third kappa shape index (κ3) is 4.39. The number of hydrogen-bond acceptors (Lipinski definition) is 6. The molecule has 0 radical (unpaired) electrons. The maximum atomic E-state index is 5.86. The van der Waals surface area contributed by atoms with Gasteiger partial charge in [-0.25, -0.2) is 0 Å². The van der Waals surface area contributed by atoms with Crippen molar-refractivity contribution < 1.29 is 9.26 Å². The largest absolute Gasteiger partial charge is 0.492 e. The Bertz CT molecular complexity index is 636. The highest BCUT2D eigenvalue weighted by molar-refractivity contribution is 6.30. The molecule has 0 saturated carbocycles. The molecule has 0 unspecified atom stereocenters. The van der Waals surface area contributed by atoms with Gasteiger partial charge in [0.05, 0.1) is 0 Å². The smallest absolute Gasteiger partial charge is 0.324 e. The van der Waals surface area contributed by atoms with Crippen LogP contribution in [0.1, 0.15) is 25.6 Å². The van der Waals surface area contributed by atoms with Gasteiger partial charge in [0.25, 0.3) is 0 Å². The number of rotatable bonds is 6. The zero-order valence-electron chi connectivity index (χ0n) is 14.1. The summed E-state index contributed by atoms with van der Waals surface area (Å²) in [6.45, 7) is 9.39. The predicted molar refractivity (Wildman–Crippen MR) is 94.0 cm³/mol. The fourth-order valence-electron chi connectivity index (χ4n) is 2.58. The van der Waals surface area contributed by atoms with Crippen LogP contribution in [0.5, 0.6) is 5.75 Å². The summed E-state index contributed by atoms with van der Waals surface area (Å²) in [6.07, 6.45) is 0. The quantitative estimate of drug-likeness (QED) is 0.798. The second kappa shape index (κ2) is 7.85. The van der Waals surface area contributed by atoms with Crippen molar-refractivity contribution in [2.45, 2.75) is 19.8 Å². The highest BCUT2D eigenvalue weighted by Gasteiger charge is 2.21. The average molecular weight is 351 g/mol. The van der Waals surface area contributed by atoms with Crippen LogP contribution < -0.4 is 9.64 Å². The van der Waals surface area contributed by atoms with Gasteiger partial charge < -0.3 is 14.2 Å². The number of halogens is 1. The molecule has 1 aromatic carbocycles. The van der Waals surface area contributed by atoms with Gasteiger partial charge in [0.1, 0.15) is 12.4 Å². The fourth-order valence-corrected chi connectivity index (χ4v) is 2.70. The van der Waals surface area contributed by atoms with E-state index in [2.05, 4.69) is 33.8 Å². The van der Waals surface area contributed by atoms with Gasteiger partial charge in [0, 0.05) is 43.7 Å². The molecule has 0 bridgehead atoms. The Morgan fingerprint density at radius 3 is 2.50 bits per heavy atom. The molecular weight excluding hydrogens is 328 g/mol. The van der Waals surface area contributed by atoms with Gasteiger partial charge in [0.15, 0.2) is 5.82 Å². The number of anilines is 1. The summed E-state index contributed by atoms with van der Waals surface area (Å²) in [5.74, 6) is 1.91. The second-order valence-corrected chi connectivity index (χ2v) is 6.66. The Morgan fingerprint density at radius 1 is 1.17 bits per heavy atom. The van der Waals surface area contributed by atoms with Gasteiger partial charge in [0.2, 0.25) is 0 Å². The van der Waals surface area contributed by atoms with Crippen molar-refractivity contribution in [2.24, 2.45) is 0 Å². The number of nitrogens with zero attached hydrogens (tertiary/aromatic N) is 4. The maximum Gasteiger partial charge on any atom is 0.324 e. The van der Waals surface area contributed by atoms with Crippen molar-refractivity contribution >= 4 is 17.6 Å². The highest BCUT2D eigenvalue weighted by Crippen LogP contribution is 2.18. The minimum absolute atomic E-state index is 0.286. The third-order valence-electron chi connectivity index (χ3n) is 4.08. The first-order valence-corrected chi connectivity index (χ1v) is 8.69. The Kier molecular flexibility index (Phi) is 5.58. The Hall–Kier alpha value is -1.79. The topological polar surface area (TPSA) is 54.6 Å². The molecular formula is C17H23ClN4O2. The van der Waals surface area contributed by atoms with Crippen molar-refractivity contribution in [3.63, 3.8) is 0 Å². The predicted octanol–water partition coefficient (Wildman–Crippen LogP) is 3.05. The molecule has 3 rings (SSSR count). The third-order valence-corrected chi connectivity index (χ3v) is 4.33. The number of aromatic nitrogens is 2. The first-order chi connectivity index (χ1) is 11.6. The average Bonchev–Trinajstić information content (AvgIpc) is 3.08. The first-order valence-electron chi connectivity index (χ1n) is 8.31. The molecule has 130 valence electrons. The minimum Gasteiger partial charge on any atom is -0.492 e. The number of hydrogen-bond donors (Lipinski definition) is 0. The summed E-state index contributed by atoms with van der Waals surface area (Å²) in [5, 5.41) is 4.75. The number of piperazine rings is 1. The van der Waals surface area contributed by atoms with E-state index in [1.807, 2.05) is 24.3 Å². The van der Waals surface area contributed by atoms with E-state index in [0.717, 1.165) is 49.3 Å². The first kappa shape index (κ1) is 17.0. The SMILES string of the molecule is CC(C)c1noc(N2CCN(CCOc3ccc(Cl)cc3)CC2)n1. The van der Waals surface area contributed by atoms with Crippen molar-refractivity contribution in [3.8, 4) is 5.75 Å². The van der Waals surface area contributed by atoms with Gasteiger partial charge in [-0.2, -0.15) is 4.98 Å². The molecule has 0 spiro atoms. The van der Waals surface area contributed by atoms with Crippen molar-refractivity contribution in [1.29, 1.82) is 0 Å². The van der Waals surface area contributed by atoms with E-state index in [1.54, 1.807) is 0 Å². The maximum absolute atomic E-state index is 5.86. The molecule has 1 aromatic heterocycles. The van der Waals surface area contributed by atoms with Crippen molar-refractivity contribution in [1.82, 2.24) is 15.0 Å².